The van der Waals surface area contributed by atoms with Crippen molar-refractivity contribution >= 4 is 5.69 Å². The van der Waals surface area contributed by atoms with E-state index in [1.165, 1.54) is 6.07 Å². The van der Waals surface area contributed by atoms with Gasteiger partial charge in [-0.05, 0) is 18.2 Å². The fraction of sp³-hybridized carbons (Fsp3) is 0.333. The number of hydroxylamine groups is 2. The Labute approximate surface area is 77.2 Å². The first-order chi connectivity index (χ1) is 6.13. The lowest BCUT2D eigenvalue weighted by Crippen LogP contribution is -2.17. The Kier molecular flexibility index (Phi) is 3.11. The second-order valence-corrected chi connectivity index (χ2v) is 2.87. The van der Waals surface area contributed by atoms with E-state index in [-0.39, 0.29) is 12.3 Å². The van der Waals surface area contributed by atoms with E-state index < -0.39 is 0 Å². The van der Waals surface area contributed by atoms with Crippen LogP contribution < -0.4 is 5.73 Å². The van der Waals surface area contributed by atoms with Crippen LogP contribution in [0.1, 0.15) is 12.5 Å². The number of rotatable bonds is 3. The topological polar surface area (TPSA) is 69.7 Å². The Bertz CT molecular complexity index is 289. The van der Waals surface area contributed by atoms with Crippen LogP contribution in [0.25, 0.3) is 0 Å². The van der Waals surface area contributed by atoms with E-state index in [2.05, 4.69) is 0 Å². The summed E-state index contributed by atoms with van der Waals surface area (Å²) in [5, 5.41) is 19.7. The number of hydrogen-bond donors (Lipinski definition) is 3. The molecule has 0 aliphatic carbocycles. The Hall–Kier alpha value is -1.26. The molecule has 0 fully saturated rings. The minimum absolute atomic E-state index is 0.154. The summed E-state index contributed by atoms with van der Waals surface area (Å²) in [4.78, 5) is 0. The number of anilines is 1. The molecule has 1 rings (SSSR count). The van der Waals surface area contributed by atoms with Crippen molar-refractivity contribution in [1.82, 2.24) is 5.06 Å². The first-order valence-electron chi connectivity index (χ1n) is 4.14. The van der Waals surface area contributed by atoms with E-state index >= 15 is 0 Å². The third-order valence-electron chi connectivity index (χ3n) is 1.82. The number of nitrogens with two attached hydrogens (primary N) is 1. The van der Waals surface area contributed by atoms with Gasteiger partial charge in [-0.15, -0.1) is 0 Å². The fourth-order valence-corrected chi connectivity index (χ4v) is 1.04. The first kappa shape index (κ1) is 9.83. The third-order valence-corrected chi connectivity index (χ3v) is 1.82. The van der Waals surface area contributed by atoms with E-state index in [1.807, 2.05) is 6.92 Å². The van der Waals surface area contributed by atoms with Gasteiger partial charge in [0.25, 0.3) is 0 Å². The van der Waals surface area contributed by atoms with Crippen molar-refractivity contribution < 1.29 is 10.3 Å². The van der Waals surface area contributed by atoms with Crippen molar-refractivity contribution in [3.8, 4) is 5.75 Å². The summed E-state index contributed by atoms with van der Waals surface area (Å²) in [7, 11) is 0. The Balaban J connectivity index is 2.81. The number of hydrogen-bond acceptors (Lipinski definition) is 4. The van der Waals surface area contributed by atoms with E-state index in [1.54, 1.807) is 12.1 Å². The highest BCUT2D eigenvalue weighted by atomic mass is 16.5. The van der Waals surface area contributed by atoms with E-state index in [9.17, 15) is 10.3 Å². The SMILES string of the molecule is CCN(O)Cc1cc(N)ccc1O. The zero-order valence-corrected chi connectivity index (χ0v) is 7.57. The lowest BCUT2D eigenvalue weighted by Gasteiger charge is -2.13. The summed E-state index contributed by atoms with van der Waals surface area (Å²) in [6, 6.07) is 4.79. The maximum absolute atomic E-state index is 9.39. The van der Waals surface area contributed by atoms with Crippen LogP contribution in [0, 0.1) is 0 Å². The molecule has 1 aromatic rings. The van der Waals surface area contributed by atoms with E-state index in [4.69, 9.17) is 5.73 Å². The fourth-order valence-electron chi connectivity index (χ4n) is 1.04. The molecule has 0 unspecified atom stereocenters. The Morgan fingerprint density at radius 2 is 2.15 bits per heavy atom. The van der Waals surface area contributed by atoms with Gasteiger partial charge in [0.2, 0.25) is 0 Å². The largest absolute Gasteiger partial charge is 0.508 e. The molecule has 0 saturated carbocycles. The standard InChI is InChI=1S/C9H14N2O2/c1-2-11(13)6-7-5-8(10)3-4-9(7)12/h3-5,12-13H,2,6,10H2,1H3. The van der Waals surface area contributed by atoms with Gasteiger partial charge in [0.15, 0.2) is 0 Å². The van der Waals surface area contributed by atoms with Gasteiger partial charge in [-0.1, -0.05) is 6.92 Å². The number of phenols is 1. The summed E-state index contributed by atoms with van der Waals surface area (Å²) in [5.41, 5.74) is 6.74. The molecule has 0 heterocycles. The molecule has 0 amide bonds. The highest BCUT2D eigenvalue weighted by Crippen LogP contribution is 2.20. The summed E-state index contributed by atoms with van der Waals surface area (Å²) < 4.78 is 0. The van der Waals surface area contributed by atoms with Gasteiger partial charge in [-0.25, -0.2) is 0 Å². The van der Waals surface area contributed by atoms with Crippen molar-refractivity contribution in [3.05, 3.63) is 23.8 Å². The van der Waals surface area contributed by atoms with Crippen LogP contribution in [0.2, 0.25) is 0 Å². The molecular formula is C9H14N2O2. The normalized spacial score (nSPS) is 10.7. The zero-order chi connectivity index (χ0) is 9.84. The summed E-state index contributed by atoms with van der Waals surface area (Å²) in [5.74, 6) is 0.154. The average molecular weight is 182 g/mol. The molecule has 0 bridgehead atoms. The molecule has 0 spiro atoms. The van der Waals surface area contributed by atoms with E-state index in [0.29, 0.717) is 17.8 Å². The predicted octanol–water partition coefficient (Wildman–Crippen LogP) is 1.19. The summed E-state index contributed by atoms with van der Waals surface area (Å²) in [6.07, 6.45) is 0. The van der Waals surface area contributed by atoms with Crippen molar-refractivity contribution in [1.29, 1.82) is 0 Å². The highest BCUT2D eigenvalue weighted by Gasteiger charge is 2.04. The van der Waals surface area contributed by atoms with Gasteiger partial charge in [0.1, 0.15) is 5.75 Å². The number of phenolic OH excluding ortho intramolecular Hbond substituents is 1. The molecule has 0 aromatic heterocycles. The predicted molar refractivity (Wildman–Crippen MR) is 50.4 cm³/mol. The van der Waals surface area contributed by atoms with Crippen LogP contribution in [0.5, 0.6) is 5.75 Å². The van der Waals surface area contributed by atoms with Crippen LogP contribution in [0.3, 0.4) is 0 Å². The minimum Gasteiger partial charge on any atom is -0.508 e. The number of aromatic hydroxyl groups is 1. The second kappa shape index (κ2) is 4.11. The Morgan fingerprint density at radius 3 is 2.77 bits per heavy atom. The third kappa shape index (κ3) is 2.61. The van der Waals surface area contributed by atoms with Gasteiger partial charge < -0.3 is 16.0 Å². The van der Waals surface area contributed by atoms with Crippen LogP contribution in [-0.4, -0.2) is 21.9 Å². The zero-order valence-electron chi connectivity index (χ0n) is 7.57. The van der Waals surface area contributed by atoms with Crippen LogP contribution in [-0.2, 0) is 6.54 Å². The quantitative estimate of drug-likeness (QED) is 0.373. The molecule has 4 nitrogen and oxygen atoms in total. The average Bonchev–Trinajstić information content (AvgIpc) is 2.11. The highest BCUT2D eigenvalue weighted by molar-refractivity contribution is 5.47. The van der Waals surface area contributed by atoms with Crippen LogP contribution >= 0.6 is 0 Å². The van der Waals surface area contributed by atoms with Gasteiger partial charge in [-0.3, -0.25) is 0 Å². The minimum atomic E-state index is 0.154. The number of nitrogens with zero attached hydrogens (tertiary/aromatic N) is 1. The van der Waals surface area contributed by atoms with Gasteiger partial charge >= 0.3 is 0 Å². The van der Waals surface area contributed by atoms with E-state index in [0.717, 1.165) is 5.06 Å². The molecule has 0 aliphatic rings. The smallest absolute Gasteiger partial charge is 0.120 e. The first-order valence-corrected chi connectivity index (χ1v) is 4.14. The molecule has 72 valence electrons. The van der Waals surface area contributed by atoms with Crippen molar-refractivity contribution in [2.75, 3.05) is 12.3 Å². The second-order valence-electron chi connectivity index (χ2n) is 2.87. The Morgan fingerprint density at radius 1 is 1.46 bits per heavy atom. The van der Waals surface area contributed by atoms with Crippen molar-refractivity contribution in [3.63, 3.8) is 0 Å². The summed E-state index contributed by atoms with van der Waals surface area (Å²) in [6.45, 7) is 2.62. The molecule has 4 heteroatoms. The molecule has 0 aliphatic heterocycles. The maximum Gasteiger partial charge on any atom is 0.120 e. The lowest BCUT2D eigenvalue weighted by molar-refractivity contribution is -0.0949. The molecular weight excluding hydrogens is 168 g/mol. The van der Waals surface area contributed by atoms with Gasteiger partial charge in [0.05, 0.1) is 6.54 Å². The lowest BCUT2D eigenvalue weighted by atomic mass is 10.2. The molecule has 0 radical (unpaired) electrons. The molecule has 0 atom stereocenters. The molecule has 0 saturated heterocycles. The van der Waals surface area contributed by atoms with Gasteiger partial charge in [-0.2, -0.15) is 5.06 Å². The summed E-state index contributed by atoms with van der Waals surface area (Å²) >= 11 is 0. The molecule has 1 aromatic carbocycles. The number of benzene rings is 1. The van der Waals surface area contributed by atoms with Crippen LogP contribution in [0.4, 0.5) is 5.69 Å². The van der Waals surface area contributed by atoms with Crippen molar-refractivity contribution in [2.24, 2.45) is 0 Å². The van der Waals surface area contributed by atoms with Crippen molar-refractivity contribution in [2.45, 2.75) is 13.5 Å². The molecule has 4 N–H and O–H groups in total. The monoisotopic (exact) mass is 182 g/mol. The molecule has 13 heavy (non-hydrogen) atoms. The van der Waals surface area contributed by atoms with Gasteiger partial charge in [0, 0.05) is 17.8 Å². The maximum atomic E-state index is 9.39. The number of nitrogen functional groups attached to an aromatic ring is 1. The van der Waals surface area contributed by atoms with Crippen LogP contribution in [0.15, 0.2) is 18.2 Å².